The van der Waals surface area contributed by atoms with Crippen LogP contribution < -0.4 is 9.47 Å². The molecule has 0 atom stereocenters. The molecule has 0 amide bonds. The van der Waals surface area contributed by atoms with Crippen molar-refractivity contribution in [3.8, 4) is 22.6 Å². The van der Waals surface area contributed by atoms with Gasteiger partial charge in [0, 0.05) is 18.1 Å². The number of hydrogen-bond donors (Lipinski definition) is 0. The van der Waals surface area contributed by atoms with E-state index in [-0.39, 0.29) is 24.6 Å². The Bertz CT molecular complexity index is 1370. The molecule has 37 heavy (non-hydrogen) atoms. The second-order valence-electron chi connectivity index (χ2n) is 8.53. The third-order valence-electron chi connectivity index (χ3n) is 5.40. The molecular formula is C31H27FO5. The molecule has 0 unspecified atom stereocenters. The Morgan fingerprint density at radius 1 is 0.838 bits per heavy atom. The quantitative estimate of drug-likeness (QED) is 0.176. The molecule has 0 bridgehead atoms. The molecule has 0 fully saturated rings. The van der Waals surface area contributed by atoms with Crippen molar-refractivity contribution in [3.63, 3.8) is 0 Å². The highest BCUT2D eigenvalue weighted by Crippen LogP contribution is 2.26. The number of carbonyl (C=O) groups excluding carboxylic acids is 3. The normalized spacial score (nSPS) is 10.7. The zero-order valence-electron chi connectivity index (χ0n) is 20.8. The average molecular weight is 499 g/mol. The van der Waals surface area contributed by atoms with E-state index in [9.17, 15) is 18.8 Å². The zero-order chi connectivity index (χ0) is 26.9. The molecule has 5 nitrogen and oxygen atoms in total. The lowest BCUT2D eigenvalue weighted by molar-refractivity contribution is -0.129. The first-order valence-corrected chi connectivity index (χ1v) is 11.5. The van der Waals surface area contributed by atoms with Gasteiger partial charge in [0.15, 0.2) is 18.2 Å². The Morgan fingerprint density at radius 3 is 2.05 bits per heavy atom. The van der Waals surface area contributed by atoms with Crippen LogP contribution in [0.3, 0.4) is 0 Å². The predicted octanol–water partition coefficient (Wildman–Crippen LogP) is 6.32. The maximum Gasteiger partial charge on any atom is 0.336 e. The standard InChI is InChI=1S/C31H27FO5/c1-20(2)29(33)18-23-5-11-26(12-6-23)37-31(35)16-8-22-7-15-27(28(32)17-22)24-9-13-25(14-10-24)36-19-30(34)21(3)4/h5-17H,1,3,18-19H2,2,4H3/b16-8+. The fourth-order valence-corrected chi connectivity index (χ4v) is 3.20. The first-order chi connectivity index (χ1) is 17.6. The molecule has 0 saturated carbocycles. The van der Waals surface area contributed by atoms with Crippen LogP contribution in [0.1, 0.15) is 25.0 Å². The molecular weight excluding hydrogens is 471 g/mol. The molecule has 0 N–H and O–H groups in total. The topological polar surface area (TPSA) is 69.7 Å². The minimum atomic E-state index is -0.615. The Kier molecular flexibility index (Phi) is 9.05. The molecule has 6 heteroatoms. The van der Waals surface area contributed by atoms with E-state index in [0.29, 0.717) is 39.3 Å². The van der Waals surface area contributed by atoms with E-state index in [2.05, 4.69) is 13.2 Å². The van der Waals surface area contributed by atoms with Crippen LogP contribution >= 0.6 is 0 Å². The molecule has 0 aliphatic carbocycles. The van der Waals surface area contributed by atoms with Gasteiger partial charge in [-0.05, 0) is 78.1 Å². The number of carbonyl (C=O) groups is 3. The Balaban J connectivity index is 1.58. The van der Waals surface area contributed by atoms with Crippen molar-refractivity contribution >= 4 is 23.6 Å². The van der Waals surface area contributed by atoms with E-state index in [4.69, 9.17) is 9.47 Å². The molecule has 0 aliphatic rings. The van der Waals surface area contributed by atoms with Crippen LogP contribution in [0.2, 0.25) is 0 Å². The van der Waals surface area contributed by atoms with Crippen LogP contribution in [0.5, 0.6) is 11.5 Å². The molecule has 0 radical (unpaired) electrons. The van der Waals surface area contributed by atoms with Gasteiger partial charge in [-0.15, -0.1) is 0 Å². The van der Waals surface area contributed by atoms with Gasteiger partial charge in [-0.3, -0.25) is 9.59 Å². The van der Waals surface area contributed by atoms with E-state index in [1.807, 2.05) is 0 Å². The summed E-state index contributed by atoms with van der Waals surface area (Å²) in [7, 11) is 0. The fraction of sp³-hybridized carbons (Fsp3) is 0.129. The first-order valence-electron chi connectivity index (χ1n) is 11.5. The van der Waals surface area contributed by atoms with Gasteiger partial charge >= 0.3 is 5.97 Å². The van der Waals surface area contributed by atoms with Crippen molar-refractivity contribution in [3.05, 3.63) is 114 Å². The zero-order valence-corrected chi connectivity index (χ0v) is 20.8. The van der Waals surface area contributed by atoms with Crippen LogP contribution in [0, 0.1) is 5.82 Å². The summed E-state index contributed by atoms with van der Waals surface area (Å²) < 4.78 is 25.5. The lowest BCUT2D eigenvalue weighted by atomic mass is 10.0. The van der Waals surface area contributed by atoms with E-state index < -0.39 is 11.8 Å². The predicted molar refractivity (Wildman–Crippen MR) is 142 cm³/mol. The molecule has 0 aliphatic heterocycles. The second kappa shape index (κ2) is 12.4. The van der Waals surface area contributed by atoms with Gasteiger partial charge in [-0.1, -0.05) is 49.6 Å². The Labute approximate surface area is 215 Å². The molecule has 0 saturated heterocycles. The summed E-state index contributed by atoms with van der Waals surface area (Å²) in [5.41, 5.74) is 3.21. The van der Waals surface area contributed by atoms with E-state index in [1.165, 1.54) is 18.2 Å². The van der Waals surface area contributed by atoms with E-state index in [1.54, 1.807) is 74.5 Å². The summed E-state index contributed by atoms with van der Waals surface area (Å²) in [4.78, 5) is 35.5. The largest absolute Gasteiger partial charge is 0.485 e. The van der Waals surface area contributed by atoms with Gasteiger partial charge in [0.25, 0.3) is 0 Å². The number of Topliss-reactive ketones (excluding diaryl/α,β-unsaturated/α-hetero) is 2. The van der Waals surface area contributed by atoms with Gasteiger partial charge in [-0.2, -0.15) is 0 Å². The SMILES string of the molecule is C=C(C)C(=O)COc1ccc(-c2ccc(/C=C/C(=O)Oc3ccc(CC(=O)C(=C)C)cc3)cc2F)cc1. The highest BCUT2D eigenvalue weighted by Gasteiger charge is 2.09. The van der Waals surface area contributed by atoms with E-state index >= 15 is 0 Å². The lowest BCUT2D eigenvalue weighted by Gasteiger charge is -2.08. The van der Waals surface area contributed by atoms with Crippen LogP contribution in [0.4, 0.5) is 4.39 Å². The number of rotatable bonds is 11. The van der Waals surface area contributed by atoms with Crippen LogP contribution in [0.25, 0.3) is 17.2 Å². The van der Waals surface area contributed by atoms with Gasteiger partial charge in [-0.25, -0.2) is 9.18 Å². The first kappa shape index (κ1) is 27.0. The van der Waals surface area contributed by atoms with Crippen molar-refractivity contribution in [2.45, 2.75) is 20.3 Å². The van der Waals surface area contributed by atoms with Crippen molar-refractivity contribution < 1.29 is 28.2 Å². The smallest absolute Gasteiger partial charge is 0.336 e. The highest BCUT2D eigenvalue weighted by molar-refractivity contribution is 5.96. The summed E-state index contributed by atoms with van der Waals surface area (Å²) in [5.74, 6) is -0.486. The summed E-state index contributed by atoms with van der Waals surface area (Å²) in [6.07, 6.45) is 2.91. The average Bonchev–Trinajstić information content (AvgIpc) is 2.87. The van der Waals surface area contributed by atoms with Crippen LogP contribution in [-0.4, -0.2) is 24.1 Å². The monoisotopic (exact) mass is 498 g/mol. The van der Waals surface area contributed by atoms with Crippen molar-refractivity contribution in [2.24, 2.45) is 0 Å². The number of halogens is 1. The minimum absolute atomic E-state index is 0.0519. The fourth-order valence-electron chi connectivity index (χ4n) is 3.20. The maximum absolute atomic E-state index is 14.8. The molecule has 188 valence electrons. The van der Waals surface area contributed by atoms with Gasteiger partial charge in [0.2, 0.25) is 0 Å². The molecule has 0 heterocycles. The summed E-state index contributed by atoms with van der Waals surface area (Å²) in [5, 5.41) is 0. The Morgan fingerprint density at radius 2 is 1.46 bits per heavy atom. The summed E-state index contributed by atoms with van der Waals surface area (Å²) >= 11 is 0. The molecule has 3 aromatic carbocycles. The highest BCUT2D eigenvalue weighted by atomic mass is 19.1. The summed E-state index contributed by atoms with van der Waals surface area (Å²) in [6.45, 7) is 10.4. The number of benzene rings is 3. The van der Waals surface area contributed by atoms with Crippen molar-refractivity contribution in [1.82, 2.24) is 0 Å². The molecule has 3 rings (SSSR count). The van der Waals surface area contributed by atoms with Crippen molar-refractivity contribution in [1.29, 1.82) is 0 Å². The lowest BCUT2D eigenvalue weighted by Crippen LogP contribution is -2.11. The van der Waals surface area contributed by atoms with Crippen molar-refractivity contribution in [2.75, 3.05) is 6.61 Å². The molecule has 3 aromatic rings. The number of esters is 1. The third kappa shape index (κ3) is 7.97. The number of ketones is 2. The van der Waals surface area contributed by atoms with Gasteiger partial charge < -0.3 is 9.47 Å². The molecule has 0 spiro atoms. The second-order valence-corrected chi connectivity index (χ2v) is 8.53. The number of allylic oxidation sites excluding steroid dienone is 1. The number of ether oxygens (including phenoxy) is 2. The summed E-state index contributed by atoms with van der Waals surface area (Å²) in [6, 6.07) is 18.0. The van der Waals surface area contributed by atoms with Crippen LogP contribution in [-0.2, 0) is 20.8 Å². The Hall–Kier alpha value is -4.58. The third-order valence-corrected chi connectivity index (χ3v) is 5.40. The number of hydrogen-bond acceptors (Lipinski definition) is 5. The minimum Gasteiger partial charge on any atom is -0.485 e. The molecule has 0 aromatic heterocycles. The van der Waals surface area contributed by atoms with E-state index in [0.717, 1.165) is 5.56 Å². The maximum atomic E-state index is 14.8. The van der Waals surface area contributed by atoms with Gasteiger partial charge in [0.05, 0.1) is 0 Å². The van der Waals surface area contributed by atoms with Gasteiger partial charge in [0.1, 0.15) is 17.3 Å². The van der Waals surface area contributed by atoms with Crippen LogP contribution in [0.15, 0.2) is 97.1 Å².